The molecule has 4 rings (SSSR count). The van der Waals surface area contributed by atoms with Gasteiger partial charge < -0.3 is 15.1 Å². The third-order valence-electron chi connectivity index (χ3n) is 4.62. The van der Waals surface area contributed by atoms with E-state index in [4.69, 9.17) is 9.40 Å². The van der Waals surface area contributed by atoms with Crippen LogP contribution in [0.25, 0.3) is 10.9 Å². The molecular formula is C23H22FN3O. The average Bonchev–Trinajstić information content (AvgIpc) is 3.13. The van der Waals surface area contributed by atoms with E-state index in [0.717, 1.165) is 40.3 Å². The van der Waals surface area contributed by atoms with Crippen molar-refractivity contribution in [1.82, 2.24) is 10.3 Å². The molecule has 142 valence electrons. The molecular weight excluding hydrogens is 353 g/mol. The minimum absolute atomic E-state index is 0.213. The summed E-state index contributed by atoms with van der Waals surface area (Å²) in [6, 6.07) is 20.7. The van der Waals surface area contributed by atoms with Crippen molar-refractivity contribution in [2.45, 2.75) is 26.6 Å². The second-order valence-electron chi connectivity index (χ2n) is 6.78. The maximum atomic E-state index is 13.0. The van der Waals surface area contributed by atoms with Crippen LogP contribution in [0.5, 0.6) is 0 Å². The third kappa shape index (κ3) is 4.38. The first-order chi connectivity index (χ1) is 13.7. The van der Waals surface area contributed by atoms with Gasteiger partial charge in [0.05, 0.1) is 12.1 Å². The molecule has 2 N–H and O–H groups in total. The number of halogens is 1. The fourth-order valence-corrected chi connectivity index (χ4v) is 3.17. The highest BCUT2D eigenvalue weighted by molar-refractivity contribution is 5.83. The van der Waals surface area contributed by atoms with Crippen LogP contribution in [-0.4, -0.2) is 4.98 Å². The summed E-state index contributed by atoms with van der Waals surface area (Å²) in [5.41, 5.74) is 3.18. The van der Waals surface area contributed by atoms with E-state index >= 15 is 0 Å². The van der Waals surface area contributed by atoms with Gasteiger partial charge in [-0.05, 0) is 60.5 Å². The fourth-order valence-electron chi connectivity index (χ4n) is 3.17. The molecule has 0 aliphatic rings. The number of hydrogen-bond acceptors (Lipinski definition) is 4. The van der Waals surface area contributed by atoms with Gasteiger partial charge in [-0.1, -0.05) is 24.3 Å². The van der Waals surface area contributed by atoms with E-state index in [1.807, 2.05) is 37.3 Å². The summed E-state index contributed by atoms with van der Waals surface area (Å²) in [4.78, 5) is 4.71. The van der Waals surface area contributed by atoms with Gasteiger partial charge >= 0.3 is 0 Å². The van der Waals surface area contributed by atoms with Crippen LogP contribution in [0.3, 0.4) is 0 Å². The zero-order chi connectivity index (χ0) is 19.3. The van der Waals surface area contributed by atoms with Gasteiger partial charge in [0.15, 0.2) is 0 Å². The van der Waals surface area contributed by atoms with Crippen LogP contribution in [-0.2, 0) is 19.6 Å². The molecule has 0 aliphatic carbocycles. The minimum Gasteiger partial charge on any atom is -0.465 e. The predicted molar refractivity (Wildman–Crippen MR) is 109 cm³/mol. The number of pyridine rings is 1. The largest absolute Gasteiger partial charge is 0.465 e. The van der Waals surface area contributed by atoms with Crippen LogP contribution in [0.1, 0.15) is 22.6 Å². The highest BCUT2D eigenvalue weighted by Gasteiger charge is 2.05. The maximum absolute atomic E-state index is 13.0. The van der Waals surface area contributed by atoms with E-state index in [2.05, 4.69) is 22.8 Å². The van der Waals surface area contributed by atoms with Gasteiger partial charge in [0.1, 0.15) is 23.2 Å². The predicted octanol–water partition coefficient (Wildman–Crippen LogP) is 5.18. The summed E-state index contributed by atoms with van der Waals surface area (Å²) in [5, 5.41) is 7.84. The standard InChI is InChI=1S/C23H22FN3O/c1-16-5-10-20(28-16)15-26-23-12-11-21-18(3-2-4-22(21)27-23)14-25-13-17-6-8-19(24)9-7-17/h2-12,25H,13-15H2,1H3,(H,26,27). The van der Waals surface area contributed by atoms with Crippen molar-refractivity contribution in [2.75, 3.05) is 5.32 Å². The van der Waals surface area contributed by atoms with Crippen molar-refractivity contribution in [1.29, 1.82) is 0 Å². The second kappa shape index (κ2) is 8.23. The van der Waals surface area contributed by atoms with E-state index in [1.165, 1.54) is 17.7 Å². The van der Waals surface area contributed by atoms with Crippen molar-refractivity contribution in [3.8, 4) is 0 Å². The Hall–Kier alpha value is -3.18. The number of nitrogens with zero attached hydrogens (tertiary/aromatic N) is 1. The average molecular weight is 375 g/mol. The molecule has 0 radical (unpaired) electrons. The van der Waals surface area contributed by atoms with Gasteiger partial charge in [-0.15, -0.1) is 0 Å². The Balaban J connectivity index is 1.42. The number of anilines is 1. The van der Waals surface area contributed by atoms with Crippen LogP contribution in [0.15, 0.2) is 71.1 Å². The molecule has 2 aromatic heterocycles. The van der Waals surface area contributed by atoms with Crippen molar-refractivity contribution in [3.05, 3.63) is 95.2 Å². The number of nitrogens with one attached hydrogen (secondary N) is 2. The normalized spacial score (nSPS) is 11.1. The number of furan rings is 1. The lowest BCUT2D eigenvalue weighted by Crippen LogP contribution is -2.13. The zero-order valence-corrected chi connectivity index (χ0v) is 15.7. The summed E-state index contributed by atoms with van der Waals surface area (Å²) in [7, 11) is 0. The Kier molecular flexibility index (Phi) is 5.35. The van der Waals surface area contributed by atoms with E-state index in [0.29, 0.717) is 13.1 Å². The lowest BCUT2D eigenvalue weighted by Gasteiger charge is -2.10. The number of aromatic nitrogens is 1. The Bertz CT molecular complexity index is 1070. The molecule has 0 atom stereocenters. The van der Waals surface area contributed by atoms with Gasteiger partial charge in [0, 0.05) is 18.5 Å². The van der Waals surface area contributed by atoms with Gasteiger partial charge in [-0.3, -0.25) is 0 Å². The summed E-state index contributed by atoms with van der Waals surface area (Å²) >= 11 is 0. The summed E-state index contributed by atoms with van der Waals surface area (Å²) in [6.07, 6.45) is 0. The molecule has 0 fully saturated rings. The van der Waals surface area contributed by atoms with Crippen molar-refractivity contribution in [2.24, 2.45) is 0 Å². The first-order valence-electron chi connectivity index (χ1n) is 9.30. The molecule has 0 bridgehead atoms. The first-order valence-corrected chi connectivity index (χ1v) is 9.30. The Morgan fingerprint density at radius 3 is 2.54 bits per heavy atom. The number of hydrogen-bond donors (Lipinski definition) is 2. The van der Waals surface area contributed by atoms with E-state index < -0.39 is 0 Å². The number of rotatable bonds is 7. The lowest BCUT2D eigenvalue weighted by atomic mass is 10.1. The van der Waals surface area contributed by atoms with Crippen molar-refractivity contribution < 1.29 is 8.81 Å². The van der Waals surface area contributed by atoms with E-state index in [-0.39, 0.29) is 5.82 Å². The summed E-state index contributed by atoms with van der Waals surface area (Å²) in [6.45, 7) is 3.94. The molecule has 2 heterocycles. The smallest absolute Gasteiger partial charge is 0.127 e. The molecule has 5 heteroatoms. The fraction of sp³-hybridized carbons (Fsp3) is 0.174. The number of aryl methyl sites for hydroxylation is 1. The van der Waals surface area contributed by atoms with E-state index in [1.54, 1.807) is 12.1 Å². The van der Waals surface area contributed by atoms with Crippen LogP contribution in [0.2, 0.25) is 0 Å². The van der Waals surface area contributed by atoms with Crippen LogP contribution >= 0.6 is 0 Å². The van der Waals surface area contributed by atoms with E-state index in [9.17, 15) is 4.39 Å². The van der Waals surface area contributed by atoms with Gasteiger partial charge in [0.2, 0.25) is 0 Å². The van der Waals surface area contributed by atoms with Gasteiger partial charge in [-0.2, -0.15) is 0 Å². The van der Waals surface area contributed by atoms with Gasteiger partial charge in [0.25, 0.3) is 0 Å². The highest BCUT2D eigenvalue weighted by Crippen LogP contribution is 2.20. The number of benzene rings is 2. The van der Waals surface area contributed by atoms with Gasteiger partial charge in [-0.25, -0.2) is 9.37 Å². The van der Waals surface area contributed by atoms with Crippen LogP contribution in [0, 0.1) is 12.7 Å². The lowest BCUT2D eigenvalue weighted by molar-refractivity contribution is 0.490. The molecule has 0 saturated carbocycles. The molecule has 2 aromatic carbocycles. The monoisotopic (exact) mass is 375 g/mol. The molecule has 0 aliphatic heterocycles. The first kappa shape index (κ1) is 18.2. The van der Waals surface area contributed by atoms with Crippen LogP contribution in [0.4, 0.5) is 10.2 Å². The molecule has 0 spiro atoms. The van der Waals surface area contributed by atoms with Crippen molar-refractivity contribution >= 4 is 16.7 Å². The van der Waals surface area contributed by atoms with Crippen molar-refractivity contribution in [3.63, 3.8) is 0 Å². The molecule has 4 aromatic rings. The Labute approximate surface area is 163 Å². The third-order valence-corrected chi connectivity index (χ3v) is 4.62. The topological polar surface area (TPSA) is 50.1 Å². The highest BCUT2D eigenvalue weighted by atomic mass is 19.1. The minimum atomic E-state index is -0.213. The molecule has 4 nitrogen and oxygen atoms in total. The molecule has 0 unspecified atom stereocenters. The number of fused-ring (bicyclic) bond motifs is 1. The molecule has 0 saturated heterocycles. The molecule has 28 heavy (non-hydrogen) atoms. The maximum Gasteiger partial charge on any atom is 0.127 e. The molecule has 0 amide bonds. The Morgan fingerprint density at radius 1 is 0.893 bits per heavy atom. The SMILES string of the molecule is Cc1ccc(CNc2ccc3c(CNCc4ccc(F)cc4)cccc3n2)o1. The quantitative estimate of drug-likeness (QED) is 0.467. The summed E-state index contributed by atoms with van der Waals surface area (Å²) < 4.78 is 18.6. The second-order valence-corrected chi connectivity index (χ2v) is 6.78. The summed E-state index contributed by atoms with van der Waals surface area (Å²) in [5.74, 6) is 2.40. The van der Waals surface area contributed by atoms with Crippen LogP contribution < -0.4 is 10.6 Å². The Morgan fingerprint density at radius 2 is 1.75 bits per heavy atom. The zero-order valence-electron chi connectivity index (χ0n) is 15.7.